The first kappa shape index (κ1) is 16.8. The van der Waals surface area contributed by atoms with Crippen molar-refractivity contribution in [2.24, 2.45) is 0 Å². The Morgan fingerprint density at radius 3 is 2.09 bits per heavy atom. The Morgan fingerprint density at radius 1 is 1.09 bits per heavy atom. The molecule has 0 unspecified atom stereocenters. The van der Waals surface area contributed by atoms with E-state index in [1.165, 1.54) is 11.3 Å². The van der Waals surface area contributed by atoms with E-state index in [9.17, 15) is 4.79 Å². The van der Waals surface area contributed by atoms with Gasteiger partial charge < -0.3 is 14.5 Å². The predicted molar refractivity (Wildman–Crippen MR) is 90.4 cm³/mol. The molecular weight excluding hydrogens is 276 g/mol. The highest BCUT2D eigenvalue weighted by atomic mass is 16.5. The maximum absolute atomic E-state index is 12.4. The first-order chi connectivity index (χ1) is 10.3. The van der Waals surface area contributed by atoms with Gasteiger partial charge in [-0.25, -0.2) is 0 Å². The minimum atomic E-state index is -0.735. The highest BCUT2D eigenvalue weighted by Gasteiger charge is 2.33. The van der Waals surface area contributed by atoms with Gasteiger partial charge in [-0.1, -0.05) is 26.0 Å². The zero-order chi connectivity index (χ0) is 16.3. The van der Waals surface area contributed by atoms with E-state index >= 15 is 0 Å². The summed E-state index contributed by atoms with van der Waals surface area (Å²) in [6.07, 6.45) is 0. The summed E-state index contributed by atoms with van der Waals surface area (Å²) in [4.78, 5) is 16.6. The van der Waals surface area contributed by atoms with E-state index in [2.05, 4.69) is 43.0 Å². The van der Waals surface area contributed by atoms with Crippen molar-refractivity contribution in [2.45, 2.75) is 39.2 Å². The maximum atomic E-state index is 12.4. The Balaban J connectivity index is 1.96. The Bertz CT molecular complexity index is 500. The molecule has 22 heavy (non-hydrogen) atoms. The molecule has 0 aliphatic carbocycles. The van der Waals surface area contributed by atoms with Crippen molar-refractivity contribution in [1.29, 1.82) is 0 Å². The SMILES string of the molecule is COC(C)(C)C(=O)N1CCN(c2ccc(C(C)C)cc2)CC1. The number of amides is 1. The summed E-state index contributed by atoms with van der Waals surface area (Å²) in [5, 5.41) is 0. The molecule has 1 aromatic carbocycles. The van der Waals surface area contributed by atoms with Crippen LogP contribution in [0.2, 0.25) is 0 Å². The van der Waals surface area contributed by atoms with Crippen molar-refractivity contribution < 1.29 is 9.53 Å². The topological polar surface area (TPSA) is 32.8 Å². The lowest BCUT2D eigenvalue weighted by Gasteiger charge is -2.39. The first-order valence-electron chi connectivity index (χ1n) is 8.04. The van der Waals surface area contributed by atoms with E-state index in [0.29, 0.717) is 5.92 Å². The number of hydrogen-bond acceptors (Lipinski definition) is 3. The van der Waals surface area contributed by atoms with Gasteiger partial charge in [-0.15, -0.1) is 0 Å². The molecule has 1 saturated heterocycles. The largest absolute Gasteiger partial charge is 0.369 e. The minimum absolute atomic E-state index is 0.0739. The number of benzene rings is 1. The van der Waals surface area contributed by atoms with Crippen LogP contribution in [0.4, 0.5) is 5.69 Å². The summed E-state index contributed by atoms with van der Waals surface area (Å²) in [6, 6.07) is 8.77. The third-order valence-corrected chi connectivity index (χ3v) is 4.52. The number of hydrogen-bond donors (Lipinski definition) is 0. The molecule has 0 radical (unpaired) electrons. The summed E-state index contributed by atoms with van der Waals surface area (Å²) in [5.41, 5.74) is 1.86. The normalized spacial score (nSPS) is 16.3. The zero-order valence-corrected chi connectivity index (χ0v) is 14.4. The second-order valence-electron chi connectivity index (χ2n) is 6.74. The Hall–Kier alpha value is -1.55. The van der Waals surface area contributed by atoms with Crippen molar-refractivity contribution >= 4 is 11.6 Å². The number of methoxy groups -OCH3 is 1. The van der Waals surface area contributed by atoms with Gasteiger partial charge in [-0.05, 0) is 37.5 Å². The molecule has 1 fully saturated rings. The maximum Gasteiger partial charge on any atom is 0.254 e. The molecule has 2 rings (SSSR count). The van der Waals surface area contributed by atoms with Gasteiger partial charge in [0.05, 0.1) is 0 Å². The number of nitrogens with zero attached hydrogens (tertiary/aromatic N) is 2. The van der Waals surface area contributed by atoms with Crippen LogP contribution < -0.4 is 4.90 Å². The van der Waals surface area contributed by atoms with E-state index in [1.54, 1.807) is 7.11 Å². The van der Waals surface area contributed by atoms with Crippen LogP contribution in [0.25, 0.3) is 0 Å². The number of ether oxygens (including phenoxy) is 1. The van der Waals surface area contributed by atoms with E-state index in [0.717, 1.165) is 26.2 Å². The van der Waals surface area contributed by atoms with E-state index in [4.69, 9.17) is 4.74 Å². The molecule has 1 amide bonds. The molecule has 1 aromatic rings. The fourth-order valence-corrected chi connectivity index (χ4v) is 2.71. The summed E-state index contributed by atoms with van der Waals surface area (Å²) >= 11 is 0. The molecular formula is C18H28N2O2. The van der Waals surface area contributed by atoms with Gasteiger partial charge in [0.15, 0.2) is 0 Å². The molecule has 0 bridgehead atoms. The van der Waals surface area contributed by atoms with Crippen LogP contribution in [0.1, 0.15) is 39.2 Å². The lowest BCUT2D eigenvalue weighted by molar-refractivity contribution is -0.151. The first-order valence-corrected chi connectivity index (χ1v) is 8.04. The molecule has 0 N–H and O–H groups in total. The van der Waals surface area contributed by atoms with Gasteiger partial charge >= 0.3 is 0 Å². The van der Waals surface area contributed by atoms with Crippen LogP contribution in [0.3, 0.4) is 0 Å². The van der Waals surface area contributed by atoms with E-state index in [1.807, 2.05) is 18.7 Å². The molecule has 0 spiro atoms. The van der Waals surface area contributed by atoms with Gasteiger partial charge in [0, 0.05) is 39.0 Å². The molecule has 1 aliphatic heterocycles. The van der Waals surface area contributed by atoms with Gasteiger partial charge in [0.2, 0.25) is 0 Å². The average Bonchev–Trinajstić information content (AvgIpc) is 2.54. The second-order valence-corrected chi connectivity index (χ2v) is 6.74. The summed E-state index contributed by atoms with van der Waals surface area (Å²) in [5.74, 6) is 0.629. The fraction of sp³-hybridized carbons (Fsp3) is 0.611. The highest BCUT2D eigenvalue weighted by molar-refractivity contribution is 5.84. The van der Waals surface area contributed by atoms with Gasteiger partial charge in [-0.2, -0.15) is 0 Å². The number of piperazine rings is 1. The summed E-state index contributed by atoms with van der Waals surface area (Å²) < 4.78 is 5.29. The Kier molecular flexibility index (Phi) is 5.12. The third-order valence-electron chi connectivity index (χ3n) is 4.52. The number of anilines is 1. The van der Waals surface area contributed by atoms with Crippen molar-refractivity contribution in [1.82, 2.24) is 4.90 Å². The fourth-order valence-electron chi connectivity index (χ4n) is 2.71. The van der Waals surface area contributed by atoms with Gasteiger partial charge in [-0.3, -0.25) is 4.79 Å². The monoisotopic (exact) mass is 304 g/mol. The third kappa shape index (κ3) is 3.61. The van der Waals surface area contributed by atoms with Crippen LogP contribution in [-0.2, 0) is 9.53 Å². The number of rotatable bonds is 4. The second kappa shape index (κ2) is 6.69. The van der Waals surface area contributed by atoms with Crippen molar-refractivity contribution in [3.05, 3.63) is 29.8 Å². The van der Waals surface area contributed by atoms with Crippen molar-refractivity contribution in [3.8, 4) is 0 Å². The van der Waals surface area contributed by atoms with Crippen LogP contribution in [0, 0.1) is 0 Å². The summed E-state index contributed by atoms with van der Waals surface area (Å²) in [6.45, 7) is 11.3. The van der Waals surface area contributed by atoms with E-state index < -0.39 is 5.60 Å². The van der Waals surface area contributed by atoms with E-state index in [-0.39, 0.29) is 5.91 Å². The zero-order valence-electron chi connectivity index (χ0n) is 14.4. The quantitative estimate of drug-likeness (QED) is 0.857. The Labute approximate surface area is 134 Å². The number of carbonyl (C=O) groups is 1. The molecule has 0 aromatic heterocycles. The van der Waals surface area contributed by atoms with Crippen LogP contribution in [0.5, 0.6) is 0 Å². The predicted octanol–water partition coefficient (Wildman–Crippen LogP) is 2.88. The Morgan fingerprint density at radius 2 is 1.64 bits per heavy atom. The number of carbonyl (C=O) groups excluding carboxylic acids is 1. The molecule has 122 valence electrons. The van der Waals surface area contributed by atoms with Gasteiger partial charge in [0.25, 0.3) is 5.91 Å². The lowest BCUT2D eigenvalue weighted by atomic mass is 10.0. The smallest absolute Gasteiger partial charge is 0.254 e. The van der Waals surface area contributed by atoms with Crippen LogP contribution >= 0.6 is 0 Å². The van der Waals surface area contributed by atoms with Crippen LogP contribution in [0.15, 0.2) is 24.3 Å². The molecule has 0 atom stereocenters. The van der Waals surface area contributed by atoms with Crippen LogP contribution in [-0.4, -0.2) is 49.7 Å². The molecule has 4 nitrogen and oxygen atoms in total. The van der Waals surface area contributed by atoms with Crippen molar-refractivity contribution in [3.63, 3.8) is 0 Å². The molecule has 1 aliphatic rings. The lowest BCUT2D eigenvalue weighted by Crippen LogP contribution is -2.54. The molecule has 1 heterocycles. The average molecular weight is 304 g/mol. The summed E-state index contributed by atoms with van der Waals surface area (Å²) in [7, 11) is 1.59. The molecule has 4 heteroatoms. The van der Waals surface area contributed by atoms with Crippen molar-refractivity contribution in [2.75, 3.05) is 38.2 Å². The van der Waals surface area contributed by atoms with Gasteiger partial charge in [0.1, 0.15) is 5.60 Å². The molecule has 0 saturated carbocycles. The standard InChI is InChI=1S/C18H28N2O2/c1-14(2)15-6-8-16(9-7-15)19-10-12-20(13-11-19)17(21)18(3,4)22-5/h6-9,14H,10-13H2,1-5H3. The minimum Gasteiger partial charge on any atom is -0.369 e. The highest BCUT2D eigenvalue weighted by Crippen LogP contribution is 2.22.